The first-order valence-corrected chi connectivity index (χ1v) is 8.82. The minimum absolute atomic E-state index is 0.314. The van der Waals surface area contributed by atoms with Crippen LogP contribution in [0.15, 0.2) is 59.6 Å². The molecule has 0 fully saturated rings. The molecule has 134 valence electrons. The Kier molecular flexibility index (Phi) is 3.30. The van der Waals surface area contributed by atoms with Gasteiger partial charge in [-0.1, -0.05) is 30.3 Å². The summed E-state index contributed by atoms with van der Waals surface area (Å²) in [6, 6.07) is 18.1. The van der Waals surface area contributed by atoms with E-state index >= 15 is 0 Å². The highest BCUT2D eigenvalue weighted by atomic mass is 15.4. The Hall–Kier alpha value is -3.61. The SMILES string of the molecule is Cc1nn(-c2ccccc2)c(C)c1C1N=C(N)Nc2nc3ccccc3n21. The van der Waals surface area contributed by atoms with E-state index in [-0.39, 0.29) is 6.17 Å². The number of rotatable bonds is 2. The van der Waals surface area contributed by atoms with Crippen LogP contribution in [0.5, 0.6) is 0 Å². The molecule has 0 saturated carbocycles. The Bertz CT molecular complexity index is 1180. The molecule has 2 aromatic heterocycles. The number of nitrogens with zero attached hydrogens (tertiary/aromatic N) is 5. The van der Waals surface area contributed by atoms with Gasteiger partial charge in [-0.15, -0.1) is 0 Å². The quantitative estimate of drug-likeness (QED) is 0.577. The number of guanidine groups is 1. The van der Waals surface area contributed by atoms with Crippen LogP contribution in [0.1, 0.15) is 23.1 Å². The molecule has 0 aliphatic carbocycles. The molecule has 3 heterocycles. The van der Waals surface area contributed by atoms with Gasteiger partial charge in [0.2, 0.25) is 5.95 Å². The summed E-state index contributed by atoms with van der Waals surface area (Å²) in [5, 5.41) is 7.85. The highest BCUT2D eigenvalue weighted by Gasteiger charge is 2.29. The average molecular weight is 357 g/mol. The number of aryl methyl sites for hydroxylation is 1. The first-order valence-electron chi connectivity index (χ1n) is 8.82. The van der Waals surface area contributed by atoms with Gasteiger partial charge in [-0.2, -0.15) is 5.10 Å². The molecule has 1 aliphatic heterocycles. The molecule has 27 heavy (non-hydrogen) atoms. The molecule has 4 aromatic rings. The lowest BCUT2D eigenvalue weighted by Crippen LogP contribution is -2.31. The van der Waals surface area contributed by atoms with Crippen molar-refractivity contribution in [2.45, 2.75) is 20.0 Å². The van der Waals surface area contributed by atoms with Crippen LogP contribution in [-0.2, 0) is 0 Å². The van der Waals surface area contributed by atoms with Gasteiger partial charge in [0.25, 0.3) is 0 Å². The number of benzene rings is 2. The van der Waals surface area contributed by atoms with E-state index in [1.165, 1.54) is 0 Å². The molecule has 0 spiro atoms. The van der Waals surface area contributed by atoms with E-state index in [9.17, 15) is 0 Å². The van der Waals surface area contributed by atoms with E-state index in [4.69, 9.17) is 15.8 Å². The van der Waals surface area contributed by atoms with Crippen LogP contribution in [0.2, 0.25) is 0 Å². The number of fused-ring (bicyclic) bond motifs is 3. The lowest BCUT2D eigenvalue weighted by atomic mass is 10.1. The van der Waals surface area contributed by atoms with Crippen molar-refractivity contribution in [3.05, 3.63) is 71.5 Å². The zero-order chi connectivity index (χ0) is 18.5. The van der Waals surface area contributed by atoms with Gasteiger partial charge in [-0.05, 0) is 38.1 Å². The Balaban J connectivity index is 1.74. The fourth-order valence-corrected chi connectivity index (χ4v) is 3.76. The van der Waals surface area contributed by atoms with Gasteiger partial charge in [0.15, 0.2) is 12.1 Å². The topological polar surface area (TPSA) is 86.1 Å². The van der Waals surface area contributed by atoms with Crippen molar-refractivity contribution in [1.82, 2.24) is 19.3 Å². The summed E-state index contributed by atoms with van der Waals surface area (Å²) < 4.78 is 4.04. The zero-order valence-corrected chi connectivity index (χ0v) is 15.1. The molecule has 5 rings (SSSR count). The summed E-state index contributed by atoms with van der Waals surface area (Å²) in [5.41, 5.74) is 12.0. The average Bonchev–Trinajstić information content (AvgIpc) is 3.18. The van der Waals surface area contributed by atoms with E-state index in [1.807, 2.05) is 66.2 Å². The molecule has 3 N–H and O–H groups in total. The molecule has 1 atom stereocenters. The summed E-state index contributed by atoms with van der Waals surface area (Å²) in [6.45, 7) is 4.07. The minimum atomic E-state index is -0.314. The monoisotopic (exact) mass is 357 g/mol. The fourth-order valence-electron chi connectivity index (χ4n) is 3.76. The van der Waals surface area contributed by atoms with Crippen LogP contribution in [0.4, 0.5) is 5.95 Å². The smallest absolute Gasteiger partial charge is 0.212 e. The number of anilines is 1. The summed E-state index contributed by atoms with van der Waals surface area (Å²) in [5.74, 6) is 1.05. The maximum Gasteiger partial charge on any atom is 0.212 e. The van der Waals surface area contributed by atoms with Crippen LogP contribution in [0.25, 0.3) is 16.7 Å². The third kappa shape index (κ3) is 2.32. The predicted octanol–water partition coefficient (Wildman–Crippen LogP) is 3.13. The Morgan fingerprint density at radius 3 is 2.56 bits per heavy atom. The Labute approximate surface area is 156 Å². The minimum Gasteiger partial charge on any atom is -0.370 e. The normalized spacial score (nSPS) is 16.1. The van der Waals surface area contributed by atoms with Crippen molar-refractivity contribution in [3.63, 3.8) is 0 Å². The van der Waals surface area contributed by atoms with Crippen molar-refractivity contribution in [2.24, 2.45) is 10.7 Å². The van der Waals surface area contributed by atoms with Crippen molar-refractivity contribution in [2.75, 3.05) is 5.32 Å². The van der Waals surface area contributed by atoms with Crippen LogP contribution in [0, 0.1) is 13.8 Å². The van der Waals surface area contributed by atoms with Crippen molar-refractivity contribution in [3.8, 4) is 5.69 Å². The largest absolute Gasteiger partial charge is 0.370 e. The summed E-state index contributed by atoms with van der Waals surface area (Å²) in [4.78, 5) is 9.37. The van der Waals surface area contributed by atoms with Crippen LogP contribution in [0.3, 0.4) is 0 Å². The molecular formula is C20H19N7. The molecule has 1 unspecified atom stereocenters. The van der Waals surface area contributed by atoms with Gasteiger partial charge in [0, 0.05) is 11.3 Å². The Morgan fingerprint density at radius 2 is 1.74 bits per heavy atom. The molecule has 0 bridgehead atoms. The summed E-state index contributed by atoms with van der Waals surface area (Å²) in [7, 11) is 0. The van der Waals surface area contributed by atoms with E-state index in [0.717, 1.165) is 33.7 Å². The fraction of sp³-hybridized carbons (Fsp3) is 0.150. The standard InChI is InChI=1S/C20H19N7/c1-12-17(13(2)27(25-12)14-8-4-3-5-9-14)18-23-19(21)24-20-22-15-10-6-7-11-16(15)26(18)20/h3-11,18H,1-2H3,(H3,21,22,23,24). The molecule has 0 saturated heterocycles. The third-order valence-corrected chi connectivity index (χ3v) is 4.95. The van der Waals surface area contributed by atoms with Gasteiger partial charge < -0.3 is 5.73 Å². The molecule has 0 amide bonds. The molecule has 7 heteroatoms. The van der Waals surface area contributed by atoms with Crippen molar-refractivity contribution < 1.29 is 0 Å². The van der Waals surface area contributed by atoms with Crippen molar-refractivity contribution >= 4 is 22.9 Å². The maximum absolute atomic E-state index is 6.08. The number of aromatic nitrogens is 4. The van der Waals surface area contributed by atoms with Crippen molar-refractivity contribution in [1.29, 1.82) is 0 Å². The maximum atomic E-state index is 6.08. The lowest BCUT2D eigenvalue weighted by Gasteiger charge is -2.24. The van der Waals surface area contributed by atoms with Gasteiger partial charge in [0.1, 0.15) is 0 Å². The number of hydrogen-bond acceptors (Lipinski definition) is 5. The highest BCUT2D eigenvalue weighted by Crippen LogP contribution is 2.35. The zero-order valence-electron chi connectivity index (χ0n) is 15.1. The first-order chi connectivity index (χ1) is 13.1. The van der Waals surface area contributed by atoms with Gasteiger partial charge in [-0.25, -0.2) is 14.7 Å². The van der Waals surface area contributed by atoms with E-state index in [2.05, 4.69) is 21.8 Å². The molecule has 1 aliphatic rings. The number of nitrogens with two attached hydrogens (primary N) is 1. The Morgan fingerprint density at radius 1 is 1.00 bits per heavy atom. The second kappa shape index (κ2) is 5.70. The number of hydrogen-bond donors (Lipinski definition) is 2. The number of aliphatic imine (C=N–C) groups is 1. The predicted molar refractivity (Wildman–Crippen MR) is 106 cm³/mol. The van der Waals surface area contributed by atoms with E-state index in [1.54, 1.807) is 0 Å². The molecule has 0 radical (unpaired) electrons. The van der Waals surface area contributed by atoms with Crippen LogP contribution >= 0.6 is 0 Å². The number of imidazole rings is 1. The molecular weight excluding hydrogens is 338 g/mol. The summed E-state index contributed by atoms with van der Waals surface area (Å²) >= 11 is 0. The second-order valence-corrected chi connectivity index (χ2v) is 6.64. The number of para-hydroxylation sites is 3. The van der Waals surface area contributed by atoms with Gasteiger partial charge in [-0.3, -0.25) is 9.88 Å². The number of nitrogens with one attached hydrogen (secondary N) is 1. The van der Waals surface area contributed by atoms with Gasteiger partial charge >= 0.3 is 0 Å². The highest BCUT2D eigenvalue weighted by molar-refractivity contribution is 5.94. The van der Waals surface area contributed by atoms with Gasteiger partial charge in [0.05, 0.1) is 22.4 Å². The van der Waals surface area contributed by atoms with E-state index in [0.29, 0.717) is 11.9 Å². The van der Waals surface area contributed by atoms with E-state index < -0.39 is 0 Å². The van der Waals surface area contributed by atoms with Crippen LogP contribution in [-0.4, -0.2) is 25.3 Å². The second-order valence-electron chi connectivity index (χ2n) is 6.64. The summed E-state index contributed by atoms with van der Waals surface area (Å²) in [6.07, 6.45) is -0.314. The van der Waals surface area contributed by atoms with Crippen LogP contribution < -0.4 is 11.1 Å². The first kappa shape index (κ1) is 15.6. The molecule has 2 aromatic carbocycles. The lowest BCUT2D eigenvalue weighted by molar-refractivity contribution is 0.618. The molecule has 7 nitrogen and oxygen atoms in total. The third-order valence-electron chi connectivity index (χ3n) is 4.95.